The summed E-state index contributed by atoms with van der Waals surface area (Å²) in [5.41, 5.74) is 0.574. The molecule has 4 nitrogen and oxygen atoms in total. The first-order chi connectivity index (χ1) is 8.49. The average molecular weight is 289 g/mol. The number of aliphatic carboxylic acids is 1. The molecule has 0 heterocycles. The monoisotopic (exact) mass is 288 g/mol. The molecule has 0 radical (unpaired) electrons. The van der Waals surface area contributed by atoms with Crippen molar-refractivity contribution in [3.8, 4) is 0 Å². The van der Waals surface area contributed by atoms with E-state index in [0.717, 1.165) is 4.90 Å². The number of hydrogen-bond acceptors (Lipinski definition) is 4. The van der Waals surface area contributed by atoms with Gasteiger partial charge in [-0.1, -0.05) is 0 Å². The van der Waals surface area contributed by atoms with Gasteiger partial charge in [-0.05, 0) is 30.0 Å². The third-order valence-electron chi connectivity index (χ3n) is 2.36. The maximum atomic E-state index is 11.7. The van der Waals surface area contributed by atoms with Crippen LogP contribution in [0, 0.1) is 0 Å². The Labute approximate surface area is 114 Å². The van der Waals surface area contributed by atoms with Crippen LogP contribution in [0.25, 0.3) is 0 Å². The van der Waals surface area contributed by atoms with Crippen LogP contribution >= 0.6 is 23.4 Å². The topological polar surface area (TPSA) is 74.6 Å². The predicted molar refractivity (Wildman–Crippen MR) is 70.5 cm³/mol. The number of carboxylic acids is 1. The summed E-state index contributed by atoms with van der Waals surface area (Å²) in [7, 11) is 0. The van der Waals surface area contributed by atoms with Crippen molar-refractivity contribution >= 4 is 35.1 Å². The van der Waals surface area contributed by atoms with Crippen LogP contribution < -0.4 is 0 Å². The number of thioether (sulfide) groups is 1. The van der Waals surface area contributed by atoms with Gasteiger partial charge >= 0.3 is 5.97 Å². The van der Waals surface area contributed by atoms with E-state index in [-0.39, 0.29) is 23.6 Å². The summed E-state index contributed by atoms with van der Waals surface area (Å²) in [6.07, 6.45) is 0.365. The fourth-order valence-electron chi connectivity index (χ4n) is 1.43. The molecule has 0 saturated carbocycles. The number of carbonyl (C=O) groups is 2. The second-order valence-corrected chi connectivity index (χ2v) is 4.86. The molecule has 98 valence electrons. The van der Waals surface area contributed by atoms with Crippen molar-refractivity contribution < 1.29 is 19.8 Å². The highest BCUT2D eigenvalue weighted by molar-refractivity contribution is 7.98. The summed E-state index contributed by atoms with van der Waals surface area (Å²) in [6, 6.07) is 4.62. The second-order valence-electron chi connectivity index (χ2n) is 3.60. The Bertz CT molecular complexity index is 461. The van der Waals surface area contributed by atoms with Crippen LogP contribution in [0.4, 0.5) is 0 Å². The first-order valence-corrected chi connectivity index (χ1v) is 6.94. The SMILES string of the molecule is CSc1cc(C(=O)CCCl)cc(C(O)C(=O)O)c1. The predicted octanol–water partition coefficient (Wildman–Crippen LogP) is 2.34. The van der Waals surface area contributed by atoms with E-state index in [1.807, 2.05) is 6.26 Å². The molecular formula is C12H13ClO4S. The Kier molecular flexibility index (Phi) is 5.65. The lowest BCUT2D eigenvalue weighted by Gasteiger charge is -2.10. The maximum absolute atomic E-state index is 11.7. The van der Waals surface area contributed by atoms with E-state index in [0.29, 0.717) is 5.56 Å². The van der Waals surface area contributed by atoms with Crippen molar-refractivity contribution in [3.63, 3.8) is 0 Å². The van der Waals surface area contributed by atoms with E-state index in [4.69, 9.17) is 16.7 Å². The van der Waals surface area contributed by atoms with E-state index < -0.39 is 12.1 Å². The van der Waals surface area contributed by atoms with Gasteiger partial charge in [0.25, 0.3) is 0 Å². The molecule has 1 aromatic rings. The Morgan fingerprint density at radius 2 is 2.06 bits per heavy atom. The molecule has 0 amide bonds. The number of benzene rings is 1. The summed E-state index contributed by atoms with van der Waals surface area (Å²) in [6.45, 7) is 0. The van der Waals surface area contributed by atoms with Crippen molar-refractivity contribution in [2.24, 2.45) is 0 Å². The molecule has 0 bridgehead atoms. The van der Waals surface area contributed by atoms with Crippen LogP contribution in [0.3, 0.4) is 0 Å². The second kappa shape index (κ2) is 6.78. The fourth-order valence-corrected chi connectivity index (χ4v) is 2.10. The Morgan fingerprint density at radius 3 is 2.56 bits per heavy atom. The number of hydrogen-bond donors (Lipinski definition) is 2. The van der Waals surface area contributed by atoms with Crippen molar-refractivity contribution in [1.82, 2.24) is 0 Å². The number of aliphatic hydroxyl groups is 1. The van der Waals surface area contributed by atoms with Crippen LogP contribution in [0.1, 0.15) is 28.4 Å². The Hall–Kier alpha value is -1.04. The van der Waals surface area contributed by atoms with Crippen LogP contribution in [0.15, 0.2) is 23.1 Å². The fraction of sp³-hybridized carbons (Fsp3) is 0.333. The van der Waals surface area contributed by atoms with E-state index in [1.165, 1.54) is 17.8 Å². The van der Waals surface area contributed by atoms with Crippen molar-refractivity contribution in [1.29, 1.82) is 0 Å². The summed E-state index contributed by atoms with van der Waals surface area (Å²) in [4.78, 5) is 23.2. The van der Waals surface area contributed by atoms with E-state index in [9.17, 15) is 14.7 Å². The van der Waals surface area contributed by atoms with Gasteiger partial charge in [-0.3, -0.25) is 4.79 Å². The molecule has 1 aromatic carbocycles. The van der Waals surface area contributed by atoms with Crippen LogP contribution in [-0.4, -0.2) is 34.1 Å². The lowest BCUT2D eigenvalue weighted by atomic mass is 10.0. The quantitative estimate of drug-likeness (QED) is 0.477. The average Bonchev–Trinajstić information content (AvgIpc) is 2.37. The van der Waals surface area contributed by atoms with Crippen molar-refractivity contribution in [2.45, 2.75) is 17.4 Å². The third-order valence-corrected chi connectivity index (χ3v) is 3.25. The molecule has 6 heteroatoms. The number of aliphatic hydroxyl groups excluding tert-OH is 1. The van der Waals surface area contributed by atoms with Crippen LogP contribution in [-0.2, 0) is 4.79 Å². The number of ketones is 1. The molecule has 0 aliphatic carbocycles. The van der Waals surface area contributed by atoms with Gasteiger partial charge in [-0.2, -0.15) is 0 Å². The van der Waals surface area contributed by atoms with Gasteiger partial charge in [0, 0.05) is 22.8 Å². The highest BCUT2D eigenvalue weighted by atomic mass is 35.5. The molecule has 1 rings (SSSR count). The summed E-state index contributed by atoms with van der Waals surface area (Å²) in [5, 5.41) is 18.3. The van der Waals surface area contributed by atoms with Gasteiger partial charge in [0.05, 0.1) is 0 Å². The first kappa shape index (κ1) is 15.0. The molecule has 0 aliphatic rings. The first-order valence-electron chi connectivity index (χ1n) is 5.18. The van der Waals surface area contributed by atoms with Gasteiger partial charge < -0.3 is 10.2 Å². The summed E-state index contributed by atoms with van der Waals surface area (Å²) < 4.78 is 0. The largest absolute Gasteiger partial charge is 0.479 e. The number of carbonyl (C=O) groups excluding carboxylic acids is 1. The van der Waals surface area contributed by atoms with Gasteiger partial charge in [0.2, 0.25) is 0 Å². The molecule has 2 N–H and O–H groups in total. The highest BCUT2D eigenvalue weighted by Crippen LogP contribution is 2.24. The third kappa shape index (κ3) is 3.73. The highest BCUT2D eigenvalue weighted by Gasteiger charge is 2.18. The van der Waals surface area contributed by atoms with Gasteiger partial charge in [-0.15, -0.1) is 23.4 Å². The zero-order chi connectivity index (χ0) is 13.7. The molecule has 0 aromatic heterocycles. The minimum atomic E-state index is -1.63. The Morgan fingerprint density at radius 1 is 1.39 bits per heavy atom. The lowest BCUT2D eigenvalue weighted by molar-refractivity contribution is -0.146. The number of Topliss-reactive ketones (excluding diaryl/α,β-unsaturated/α-hetero) is 1. The molecule has 18 heavy (non-hydrogen) atoms. The number of rotatable bonds is 6. The smallest absolute Gasteiger partial charge is 0.337 e. The van der Waals surface area contributed by atoms with Crippen molar-refractivity contribution in [3.05, 3.63) is 29.3 Å². The zero-order valence-electron chi connectivity index (χ0n) is 9.72. The summed E-state index contributed by atoms with van der Waals surface area (Å²) in [5.74, 6) is -1.30. The van der Waals surface area contributed by atoms with Gasteiger partial charge in [0.15, 0.2) is 11.9 Å². The van der Waals surface area contributed by atoms with Gasteiger partial charge in [0.1, 0.15) is 0 Å². The minimum absolute atomic E-state index is 0.167. The number of halogens is 1. The zero-order valence-corrected chi connectivity index (χ0v) is 11.3. The van der Waals surface area contributed by atoms with Gasteiger partial charge in [-0.25, -0.2) is 4.79 Å². The molecule has 0 fully saturated rings. The molecule has 1 atom stereocenters. The molecular weight excluding hydrogens is 276 g/mol. The Balaban J connectivity index is 3.16. The molecule has 0 saturated heterocycles. The molecule has 0 spiro atoms. The van der Waals surface area contributed by atoms with Crippen LogP contribution in [0.5, 0.6) is 0 Å². The number of alkyl halides is 1. The van der Waals surface area contributed by atoms with Crippen molar-refractivity contribution in [2.75, 3.05) is 12.1 Å². The maximum Gasteiger partial charge on any atom is 0.337 e. The summed E-state index contributed by atoms with van der Waals surface area (Å²) >= 11 is 6.88. The lowest BCUT2D eigenvalue weighted by Crippen LogP contribution is -2.12. The van der Waals surface area contributed by atoms with E-state index in [1.54, 1.807) is 12.1 Å². The van der Waals surface area contributed by atoms with E-state index >= 15 is 0 Å². The normalized spacial score (nSPS) is 12.2. The standard InChI is InChI=1S/C12H13ClO4S/c1-18-9-5-7(10(14)2-3-13)4-8(6-9)11(15)12(16)17/h4-6,11,15H,2-3H2,1H3,(H,16,17). The minimum Gasteiger partial charge on any atom is -0.479 e. The van der Waals surface area contributed by atoms with E-state index in [2.05, 4.69) is 0 Å². The molecule has 1 unspecified atom stereocenters. The van der Waals surface area contributed by atoms with Crippen LogP contribution in [0.2, 0.25) is 0 Å². The number of carboxylic acid groups (broad SMARTS) is 1. The molecule has 0 aliphatic heterocycles.